The lowest BCUT2D eigenvalue weighted by Crippen LogP contribution is -2.17. The van der Waals surface area contributed by atoms with E-state index in [1.165, 1.54) is 11.3 Å². The van der Waals surface area contributed by atoms with E-state index in [0.717, 1.165) is 18.5 Å². The van der Waals surface area contributed by atoms with Gasteiger partial charge in [0.2, 0.25) is 0 Å². The van der Waals surface area contributed by atoms with Crippen molar-refractivity contribution in [1.29, 1.82) is 5.41 Å². The molecule has 1 atom stereocenters. The Morgan fingerprint density at radius 2 is 2.19 bits per heavy atom. The summed E-state index contributed by atoms with van der Waals surface area (Å²) in [4.78, 5) is 14.1. The zero-order valence-corrected chi connectivity index (χ0v) is 16.2. The molecule has 138 valence electrons. The first-order chi connectivity index (χ1) is 12.3. The lowest BCUT2D eigenvalue weighted by molar-refractivity contribution is 0.566. The highest BCUT2D eigenvalue weighted by Crippen LogP contribution is 2.32. The molecular weight excluding hydrogens is 370 g/mol. The fourth-order valence-corrected chi connectivity index (χ4v) is 3.82. The molecule has 4 N–H and O–H groups in total. The van der Waals surface area contributed by atoms with Gasteiger partial charge in [0, 0.05) is 23.9 Å². The van der Waals surface area contributed by atoms with Crippen molar-refractivity contribution in [2.45, 2.75) is 43.2 Å². The molecule has 0 aliphatic heterocycles. The molecule has 0 amide bonds. The van der Waals surface area contributed by atoms with Gasteiger partial charge in [-0.15, -0.1) is 11.3 Å². The number of aromatic nitrogens is 2. The van der Waals surface area contributed by atoms with E-state index in [9.17, 15) is 8.76 Å². The van der Waals surface area contributed by atoms with E-state index in [4.69, 9.17) is 11.1 Å². The Morgan fingerprint density at radius 1 is 1.46 bits per heavy atom. The van der Waals surface area contributed by atoms with Crippen LogP contribution in [0.15, 0.2) is 27.4 Å². The molecule has 1 saturated carbocycles. The molecule has 26 heavy (non-hydrogen) atoms. The van der Waals surface area contributed by atoms with Crippen molar-refractivity contribution in [2.24, 2.45) is 16.6 Å². The van der Waals surface area contributed by atoms with Crippen molar-refractivity contribution in [1.82, 2.24) is 9.97 Å². The number of nitrogens with one attached hydrogen (secondary N) is 1. The minimum Gasteiger partial charge on any atom is -0.387 e. The highest BCUT2D eigenvalue weighted by molar-refractivity contribution is 7.81. The van der Waals surface area contributed by atoms with Gasteiger partial charge in [0.25, 0.3) is 0 Å². The van der Waals surface area contributed by atoms with Crippen LogP contribution in [0, 0.1) is 11.3 Å². The lowest BCUT2D eigenvalue weighted by Gasteiger charge is -2.08. The van der Waals surface area contributed by atoms with Crippen LogP contribution in [0.3, 0.4) is 0 Å². The van der Waals surface area contributed by atoms with E-state index in [1.807, 2.05) is 13.8 Å². The molecule has 2 aromatic heterocycles. The van der Waals surface area contributed by atoms with E-state index >= 15 is 0 Å². The Labute approximate surface area is 158 Å². The van der Waals surface area contributed by atoms with Crippen LogP contribution < -0.4 is 5.73 Å². The molecule has 2 aromatic rings. The van der Waals surface area contributed by atoms with Crippen LogP contribution in [0.4, 0.5) is 5.82 Å². The molecule has 1 aliphatic rings. The molecule has 1 fully saturated rings. The normalized spacial score (nSPS) is 16.1. The SMILES string of the molecule is CC(C)c1cc(N=C(N)CC(=N)C2CC2)nc(-c2ccc(S(=O)O)s2)n1. The van der Waals surface area contributed by atoms with Gasteiger partial charge in [-0.1, -0.05) is 13.8 Å². The summed E-state index contributed by atoms with van der Waals surface area (Å²) in [5, 5.41) is 7.99. The third-order valence-corrected chi connectivity index (χ3v) is 6.03. The number of hydrogen-bond acceptors (Lipinski definition) is 6. The van der Waals surface area contributed by atoms with Crippen molar-refractivity contribution in [2.75, 3.05) is 0 Å². The van der Waals surface area contributed by atoms with Gasteiger partial charge in [-0.05, 0) is 36.8 Å². The Bertz CT molecular complexity index is 887. The van der Waals surface area contributed by atoms with Crippen LogP contribution in [-0.4, -0.2) is 30.3 Å². The summed E-state index contributed by atoms with van der Waals surface area (Å²) in [6.07, 6.45) is 2.48. The summed E-state index contributed by atoms with van der Waals surface area (Å²) in [5.74, 6) is 1.80. The van der Waals surface area contributed by atoms with E-state index in [-0.39, 0.29) is 5.92 Å². The lowest BCUT2D eigenvalue weighted by atomic mass is 10.1. The van der Waals surface area contributed by atoms with Crippen molar-refractivity contribution in [3.8, 4) is 10.7 Å². The molecule has 0 bridgehead atoms. The molecule has 1 unspecified atom stereocenters. The average Bonchev–Trinajstić information content (AvgIpc) is 3.30. The smallest absolute Gasteiger partial charge is 0.196 e. The molecule has 0 radical (unpaired) electrons. The second-order valence-corrected chi connectivity index (χ2v) is 8.86. The second kappa shape index (κ2) is 7.73. The fourth-order valence-electron chi connectivity index (χ4n) is 2.41. The van der Waals surface area contributed by atoms with Gasteiger partial charge < -0.3 is 15.7 Å². The van der Waals surface area contributed by atoms with E-state index in [0.29, 0.717) is 44.6 Å². The number of nitrogens with two attached hydrogens (primary N) is 1. The Hall–Kier alpha value is -1.97. The van der Waals surface area contributed by atoms with Crippen LogP contribution in [0.1, 0.15) is 44.7 Å². The summed E-state index contributed by atoms with van der Waals surface area (Å²) in [7, 11) is 0. The first-order valence-electron chi connectivity index (χ1n) is 8.34. The molecule has 1 aliphatic carbocycles. The maximum absolute atomic E-state index is 11.2. The molecule has 0 saturated heterocycles. The molecule has 0 spiro atoms. The highest BCUT2D eigenvalue weighted by atomic mass is 32.2. The molecule has 0 aromatic carbocycles. The third-order valence-electron chi connectivity index (χ3n) is 4.00. The Morgan fingerprint density at radius 3 is 2.77 bits per heavy atom. The summed E-state index contributed by atoms with van der Waals surface area (Å²) < 4.78 is 20.8. The number of aliphatic imine (C=N–C) groups is 1. The van der Waals surface area contributed by atoms with Crippen LogP contribution >= 0.6 is 11.3 Å². The van der Waals surface area contributed by atoms with Crippen LogP contribution in [-0.2, 0) is 11.1 Å². The fraction of sp³-hybridized carbons (Fsp3) is 0.412. The largest absolute Gasteiger partial charge is 0.387 e. The molecule has 9 heteroatoms. The number of thiophene rings is 1. The van der Waals surface area contributed by atoms with Gasteiger partial charge >= 0.3 is 0 Å². The summed E-state index contributed by atoms with van der Waals surface area (Å²) in [5.41, 5.74) is 7.45. The predicted molar refractivity (Wildman–Crippen MR) is 105 cm³/mol. The van der Waals surface area contributed by atoms with E-state index < -0.39 is 11.1 Å². The maximum Gasteiger partial charge on any atom is 0.196 e. The van der Waals surface area contributed by atoms with E-state index in [1.54, 1.807) is 18.2 Å². The number of hydrogen-bond donors (Lipinski definition) is 3. The minimum atomic E-state index is -2.02. The van der Waals surface area contributed by atoms with Gasteiger partial charge in [0.1, 0.15) is 10.0 Å². The molecule has 2 heterocycles. The molecule has 3 rings (SSSR count). The summed E-state index contributed by atoms with van der Waals surface area (Å²) in [6, 6.07) is 5.11. The van der Waals surface area contributed by atoms with Gasteiger partial charge in [0.05, 0.1) is 4.88 Å². The zero-order chi connectivity index (χ0) is 18.8. The van der Waals surface area contributed by atoms with Crippen LogP contribution in [0.5, 0.6) is 0 Å². The van der Waals surface area contributed by atoms with Gasteiger partial charge in [-0.25, -0.2) is 19.2 Å². The van der Waals surface area contributed by atoms with Crippen LogP contribution in [0.2, 0.25) is 0 Å². The monoisotopic (exact) mass is 391 g/mol. The first kappa shape index (κ1) is 18.8. The Kier molecular flexibility index (Phi) is 5.59. The number of amidine groups is 1. The average molecular weight is 392 g/mol. The maximum atomic E-state index is 11.2. The topological polar surface area (TPSA) is 125 Å². The molecule has 7 nitrogen and oxygen atoms in total. The number of rotatable bonds is 7. The second-order valence-electron chi connectivity index (χ2n) is 6.58. The minimum absolute atomic E-state index is 0.170. The van der Waals surface area contributed by atoms with Crippen molar-refractivity contribution in [3.63, 3.8) is 0 Å². The standard InChI is InChI=1S/C17H21N5O2S2/c1-9(2)12-8-15(21-14(19)7-11(18)10-3-4-10)22-17(20-12)13-5-6-16(25-13)26(23)24/h5-6,8-10,18H,3-4,7H2,1-2H3,(H,23,24)(H2,19,20,21,22). The predicted octanol–water partition coefficient (Wildman–Crippen LogP) is 3.72. The van der Waals surface area contributed by atoms with E-state index in [2.05, 4.69) is 15.0 Å². The Balaban J connectivity index is 1.92. The van der Waals surface area contributed by atoms with Gasteiger partial charge in [-0.3, -0.25) is 0 Å². The van der Waals surface area contributed by atoms with Crippen LogP contribution in [0.25, 0.3) is 10.7 Å². The first-order valence-corrected chi connectivity index (χ1v) is 10.3. The molecular formula is C17H21N5O2S2. The van der Waals surface area contributed by atoms with Crippen molar-refractivity contribution >= 4 is 39.8 Å². The highest BCUT2D eigenvalue weighted by Gasteiger charge is 2.26. The third kappa shape index (κ3) is 4.60. The quantitative estimate of drug-likeness (QED) is 0.377. The summed E-state index contributed by atoms with van der Waals surface area (Å²) >= 11 is -0.848. The van der Waals surface area contributed by atoms with Gasteiger partial charge in [-0.2, -0.15) is 0 Å². The number of nitrogens with zero attached hydrogens (tertiary/aromatic N) is 3. The van der Waals surface area contributed by atoms with Crippen molar-refractivity contribution in [3.05, 3.63) is 23.9 Å². The van der Waals surface area contributed by atoms with Gasteiger partial charge in [0.15, 0.2) is 22.7 Å². The zero-order valence-electron chi connectivity index (χ0n) is 14.6. The van der Waals surface area contributed by atoms with Crippen molar-refractivity contribution < 1.29 is 8.76 Å². The summed E-state index contributed by atoms with van der Waals surface area (Å²) in [6.45, 7) is 4.04.